The van der Waals surface area contributed by atoms with Crippen molar-refractivity contribution in [3.63, 3.8) is 0 Å². The number of nitrogens with zero attached hydrogens (tertiary/aromatic N) is 5. The molecule has 0 saturated carbocycles. The molecule has 2 aromatic heterocycles. The Morgan fingerprint density at radius 2 is 2.18 bits per heavy atom. The van der Waals surface area contributed by atoms with Crippen molar-refractivity contribution >= 4 is 62.8 Å². The van der Waals surface area contributed by atoms with Crippen LogP contribution in [0.5, 0.6) is 0 Å². The SMILES string of the molecule is Cc1ccc2cc(C=C3SC(=S)N(CCCC(=O)O)C3=O)c3nnnn3c2c1. The molecule has 0 aliphatic carbocycles. The summed E-state index contributed by atoms with van der Waals surface area (Å²) < 4.78 is 2.08. The van der Waals surface area contributed by atoms with Gasteiger partial charge in [0.2, 0.25) is 0 Å². The lowest BCUT2D eigenvalue weighted by molar-refractivity contribution is -0.137. The van der Waals surface area contributed by atoms with Crippen LogP contribution in [0.25, 0.3) is 22.6 Å². The van der Waals surface area contributed by atoms with Crippen LogP contribution in [0, 0.1) is 6.92 Å². The molecule has 142 valence electrons. The van der Waals surface area contributed by atoms with Gasteiger partial charge < -0.3 is 5.11 Å². The van der Waals surface area contributed by atoms with Crippen molar-refractivity contribution < 1.29 is 14.7 Å². The third-order valence-electron chi connectivity index (χ3n) is 4.39. The molecule has 0 radical (unpaired) electrons. The lowest BCUT2D eigenvalue weighted by Gasteiger charge is -2.13. The van der Waals surface area contributed by atoms with Crippen molar-refractivity contribution in [2.24, 2.45) is 0 Å². The molecule has 0 atom stereocenters. The molecule has 1 saturated heterocycles. The first-order chi connectivity index (χ1) is 13.4. The van der Waals surface area contributed by atoms with Crippen LogP contribution in [0.15, 0.2) is 29.2 Å². The molecule has 28 heavy (non-hydrogen) atoms. The van der Waals surface area contributed by atoms with Gasteiger partial charge in [0, 0.05) is 23.9 Å². The van der Waals surface area contributed by atoms with Gasteiger partial charge in [-0.2, -0.15) is 4.52 Å². The van der Waals surface area contributed by atoms with E-state index in [1.165, 1.54) is 16.7 Å². The van der Waals surface area contributed by atoms with Gasteiger partial charge >= 0.3 is 5.97 Å². The average molecular weight is 413 g/mol. The summed E-state index contributed by atoms with van der Waals surface area (Å²) in [5, 5.41) is 21.7. The molecule has 8 nitrogen and oxygen atoms in total. The molecule has 4 rings (SSSR count). The lowest BCUT2D eigenvalue weighted by Crippen LogP contribution is -2.29. The van der Waals surface area contributed by atoms with Gasteiger partial charge in [-0.3, -0.25) is 14.5 Å². The highest BCUT2D eigenvalue weighted by molar-refractivity contribution is 8.26. The number of hydrogen-bond acceptors (Lipinski definition) is 7. The Morgan fingerprint density at radius 1 is 1.36 bits per heavy atom. The Morgan fingerprint density at radius 3 is 2.96 bits per heavy atom. The number of hydrogen-bond donors (Lipinski definition) is 1. The van der Waals surface area contributed by atoms with E-state index >= 15 is 0 Å². The lowest BCUT2D eigenvalue weighted by atomic mass is 10.1. The van der Waals surface area contributed by atoms with Crippen LogP contribution in [-0.2, 0) is 9.59 Å². The number of carboxylic acids is 1. The number of carbonyl (C=O) groups is 2. The van der Waals surface area contributed by atoms with Crippen molar-refractivity contribution in [2.75, 3.05) is 6.54 Å². The summed E-state index contributed by atoms with van der Waals surface area (Å²) >= 11 is 6.49. The Balaban J connectivity index is 1.70. The molecule has 10 heteroatoms. The number of benzene rings is 1. The highest BCUT2D eigenvalue weighted by atomic mass is 32.2. The maximum atomic E-state index is 12.7. The molecular formula is C18H15N5O3S2. The van der Waals surface area contributed by atoms with Gasteiger partial charge in [0.25, 0.3) is 5.91 Å². The summed E-state index contributed by atoms with van der Waals surface area (Å²) in [7, 11) is 0. The van der Waals surface area contributed by atoms with E-state index in [1.807, 2.05) is 31.2 Å². The maximum Gasteiger partial charge on any atom is 0.303 e. The first kappa shape index (κ1) is 18.5. The number of aromatic nitrogens is 4. The van der Waals surface area contributed by atoms with Crippen LogP contribution < -0.4 is 0 Å². The molecule has 0 spiro atoms. The number of carboxylic acid groups (broad SMARTS) is 1. The van der Waals surface area contributed by atoms with E-state index in [0.717, 1.165) is 16.5 Å². The Kier molecular flexibility index (Phi) is 4.82. The molecular weight excluding hydrogens is 398 g/mol. The van der Waals surface area contributed by atoms with Gasteiger partial charge in [-0.05, 0) is 47.5 Å². The third-order valence-corrected chi connectivity index (χ3v) is 5.76. The topological polar surface area (TPSA) is 101 Å². The van der Waals surface area contributed by atoms with E-state index < -0.39 is 5.97 Å². The van der Waals surface area contributed by atoms with E-state index in [4.69, 9.17) is 17.3 Å². The van der Waals surface area contributed by atoms with Crippen molar-refractivity contribution in [1.29, 1.82) is 0 Å². The number of aliphatic carboxylic acids is 1. The van der Waals surface area contributed by atoms with Crippen LogP contribution in [0.4, 0.5) is 0 Å². The maximum absolute atomic E-state index is 12.7. The number of tetrazole rings is 1. The normalized spacial score (nSPS) is 16.0. The Hall–Kier alpha value is -2.85. The molecule has 1 aliphatic rings. The molecule has 0 unspecified atom stereocenters. The zero-order chi connectivity index (χ0) is 19.8. The number of rotatable bonds is 5. The van der Waals surface area contributed by atoms with Gasteiger partial charge in [0.15, 0.2) is 5.65 Å². The summed E-state index contributed by atoms with van der Waals surface area (Å²) in [6.07, 6.45) is 2.08. The molecule has 1 fully saturated rings. The fourth-order valence-electron chi connectivity index (χ4n) is 3.05. The van der Waals surface area contributed by atoms with Crippen LogP contribution in [0.1, 0.15) is 24.0 Å². The summed E-state index contributed by atoms with van der Waals surface area (Å²) in [5.74, 6) is -1.12. The van der Waals surface area contributed by atoms with E-state index in [1.54, 1.807) is 10.6 Å². The third kappa shape index (κ3) is 3.36. The Labute approximate surface area is 169 Å². The summed E-state index contributed by atoms with van der Waals surface area (Å²) in [4.78, 5) is 25.3. The van der Waals surface area contributed by atoms with E-state index in [2.05, 4.69) is 15.5 Å². The molecule has 3 heterocycles. The summed E-state index contributed by atoms with van der Waals surface area (Å²) in [5.41, 5.74) is 3.25. The zero-order valence-electron chi connectivity index (χ0n) is 14.8. The molecule has 1 amide bonds. The standard InChI is InChI=1S/C18H15N5O3S2/c1-10-4-5-11-8-12(16-19-20-21-23(16)13(11)7-10)9-14-17(26)22(18(27)28-14)6-2-3-15(24)25/h4-5,7-9H,2-3,6H2,1H3,(H,24,25). The Bertz CT molecular complexity index is 1170. The van der Waals surface area contributed by atoms with E-state index in [9.17, 15) is 9.59 Å². The highest BCUT2D eigenvalue weighted by Gasteiger charge is 2.32. The highest BCUT2D eigenvalue weighted by Crippen LogP contribution is 2.34. The van der Waals surface area contributed by atoms with Crippen LogP contribution in [-0.4, -0.2) is 52.8 Å². The minimum Gasteiger partial charge on any atom is -0.481 e. The molecule has 1 N–H and O–H groups in total. The number of fused-ring (bicyclic) bond motifs is 3. The second kappa shape index (κ2) is 7.28. The summed E-state index contributed by atoms with van der Waals surface area (Å²) in [6.45, 7) is 2.28. The van der Waals surface area contributed by atoms with Gasteiger partial charge in [-0.15, -0.1) is 5.10 Å². The predicted octanol–water partition coefficient (Wildman–Crippen LogP) is 2.65. The number of carbonyl (C=O) groups excluding carboxylic acids is 1. The molecule has 1 aromatic carbocycles. The minimum absolute atomic E-state index is 0.00770. The fraction of sp³-hybridized carbons (Fsp3) is 0.222. The van der Waals surface area contributed by atoms with Crippen molar-refractivity contribution in [2.45, 2.75) is 19.8 Å². The van der Waals surface area contributed by atoms with Crippen molar-refractivity contribution in [3.8, 4) is 0 Å². The van der Waals surface area contributed by atoms with Gasteiger partial charge in [-0.1, -0.05) is 36.1 Å². The van der Waals surface area contributed by atoms with Crippen LogP contribution in [0.2, 0.25) is 0 Å². The molecule has 0 bridgehead atoms. The van der Waals surface area contributed by atoms with Crippen molar-refractivity contribution in [1.82, 2.24) is 24.9 Å². The van der Waals surface area contributed by atoms with E-state index in [-0.39, 0.29) is 18.9 Å². The second-order valence-electron chi connectivity index (χ2n) is 6.41. The zero-order valence-corrected chi connectivity index (χ0v) is 16.5. The van der Waals surface area contributed by atoms with Crippen molar-refractivity contribution in [3.05, 3.63) is 40.3 Å². The first-order valence-electron chi connectivity index (χ1n) is 8.52. The number of pyridine rings is 1. The van der Waals surface area contributed by atoms with Crippen LogP contribution >= 0.6 is 24.0 Å². The molecule has 3 aromatic rings. The van der Waals surface area contributed by atoms with Gasteiger partial charge in [0.05, 0.1) is 10.4 Å². The van der Waals surface area contributed by atoms with Crippen LogP contribution in [0.3, 0.4) is 0 Å². The number of amides is 1. The number of thioether (sulfide) groups is 1. The molecule has 1 aliphatic heterocycles. The smallest absolute Gasteiger partial charge is 0.303 e. The fourth-order valence-corrected chi connectivity index (χ4v) is 4.35. The van der Waals surface area contributed by atoms with Gasteiger partial charge in [-0.25, -0.2) is 0 Å². The number of aryl methyl sites for hydroxylation is 1. The first-order valence-corrected chi connectivity index (χ1v) is 9.75. The largest absolute Gasteiger partial charge is 0.481 e. The quantitative estimate of drug-likeness (QED) is 0.503. The van der Waals surface area contributed by atoms with Gasteiger partial charge in [0.1, 0.15) is 4.32 Å². The van der Waals surface area contributed by atoms with E-state index in [0.29, 0.717) is 26.9 Å². The summed E-state index contributed by atoms with van der Waals surface area (Å²) in [6, 6.07) is 7.94. The second-order valence-corrected chi connectivity index (χ2v) is 8.08. The average Bonchev–Trinajstić information content (AvgIpc) is 3.23. The predicted molar refractivity (Wildman–Crippen MR) is 110 cm³/mol. The minimum atomic E-state index is -0.894. The number of thiocarbonyl (C=S) groups is 1. The monoisotopic (exact) mass is 413 g/mol.